The second-order valence-corrected chi connectivity index (χ2v) is 4.92. The molecule has 0 aliphatic rings. The van der Waals surface area contributed by atoms with Crippen molar-refractivity contribution >= 4 is 39.9 Å². The Kier molecular flexibility index (Phi) is 5.95. The zero-order chi connectivity index (χ0) is 14.5. The predicted octanol–water partition coefficient (Wildman–Crippen LogP) is 2.80. The van der Waals surface area contributed by atoms with Crippen LogP contribution >= 0.6 is 12.4 Å². The lowest BCUT2D eigenvalue weighted by Crippen LogP contribution is -2.25. The number of aliphatic hydroxyl groups is 1. The number of pyridine rings is 1. The Morgan fingerprint density at radius 2 is 1.41 bits per heavy atom. The summed E-state index contributed by atoms with van der Waals surface area (Å²) in [6.45, 7) is 2.41. The average Bonchev–Trinajstić information content (AvgIpc) is 2.53. The molecule has 0 amide bonds. The van der Waals surface area contributed by atoms with E-state index in [9.17, 15) is 0 Å². The number of anilines is 1. The summed E-state index contributed by atoms with van der Waals surface area (Å²) < 4.78 is 0. The van der Waals surface area contributed by atoms with E-state index in [1.165, 1.54) is 0 Å². The molecule has 1 heterocycles. The zero-order valence-corrected chi connectivity index (χ0v) is 13.1. The molecule has 116 valence electrons. The van der Waals surface area contributed by atoms with Crippen molar-refractivity contribution in [2.24, 2.45) is 0 Å². The molecule has 0 aliphatic carbocycles. The molecule has 0 aliphatic heterocycles. The van der Waals surface area contributed by atoms with Crippen LogP contribution in [0.2, 0.25) is 0 Å². The summed E-state index contributed by atoms with van der Waals surface area (Å²) >= 11 is 0. The Labute approximate surface area is 136 Å². The lowest BCUT2D eigenvalue weighted by molar-refractivity contribution is 0.293. The van der Waals surface area contributed by atoms with Crippen LogP contribution in [0.3, 0.4) is 0 Å². The number of hydrogen-bond donors (Lipinski definition) is 3. The predicted molar refractivity (Wildman–Crippen MR) is 94.9 cm³/mol. The van der Waals surface area contributed by atoms with E-state index in [-0.39, 0.29) is 19.0 Å². The molecular formula is C17H20ClN3O. The number of hydrogen-bond acceptors (Lipinski definition) is 4. The van der Waals surface area contributed by atoms with Gasteiger partial charge in [-0.3, -0.25) is 0 Å². The normalized spacial score (nSPS) is 10.6. The van der Waals surface area contributed by atoms with Crippen molar-refractivity contribution in [3.63, 3.8) is 0 Å². The molecule has 0 unspecified atom stereocenters. The minimum Gasteiger partial charge on any atom is -0.395 e. The van der Waals surface area contributed by atoms with E-state index in [4.69, 9.17) is 10.1 Å². The average molecular weight is 318 g/mol. The Bertz CT molecular complexity index is 694. The fraction of sp³-hybridized carbons (Fsp3) is 0.235. The molecule has 2 aromatic carbocycles. The summed E-state index contributed by atoms with van der Waals surface area (Å²) in [7, 11) is 0. The summed E-state index contributed by atoms with van der Waals surface area (Å²) in [5, 5.41) is 17.7. The van der Waals surface area contributed by atoms with Gasteiger partial charge >= 0.3 is 0 Å². The van der Waals surface area contributed by atoms with Crippen LogP contribution in [0.4, 0.5) is 5.69 Å². The Morgan fingerprint density at radius 3 is 2.00 bits per heavy atom. The maximum Gasteiger partial charge on any atom is 0.0730 e. The highest BCUT2D eigenvalue weighted by Gasteiger charge is 2.07. The summed E-state index contributed by atoms with van der Waals surface area (Å²) in [4.78, 5) is 4.71. The highest BCUT2D eigenvalue weighted by Crippen LogP contribution is 2.30. The molecule has 0 spiro atoms. The van der Waals surface area contributed by atoms with Gasteiger partial charge in [-0.05, 0) is 12.1 Å². The number of benzene rings is 2. The monoisotopic (exact) mass is 317 g/mol. The van der Waals surface area contributed by atoms with Crippen LogP contribution < -0.4 is 10.6 Å². The maximum absolute atomic E-state index is 8.77. The molecule has 0 atom stereocenters. The summed E-state index contributed by atoms with van der Waals surface area (Å²) in [6, 6.07) is 16.4. The Hall–Kier alpha value is -1.88. The first-order valence-corrected chi connectivity index (χ1v) is 7.23. The van der Waals surface area contributed by atoms with Gasteiger partial charge in [0, 0.05) is 30.4 Å². The largest absolute Gasteiger partial charge is 0.395 e. The SMILES string of the molecule is Cl.OCCNCCNc1c2ccccc2nc2ccccc12. The second kappa shape index (κ2) is 7.94. The van der Waals surface area contributed by atoms with Crippen LogP contribution in [0.5, 0.6) is 0 Å². The highest BCUT2D eigenvalue weighted by molar-refractivity contribution is 6.07. The third kappa shape index (κ3) is 3.47. The third-order valence-electron chi connectivity index (χ3n) is 3.48. The number of aromatic nitrogens is 1. The van der Waals surface area contributed by atoms with Crippen LogP contribution in [0, 0.1) is 0 Å². The fourth-order valence-electron chi connectivity index (χ4n) is 2.51. The molecule has 3 rings (SSSR count). The molecule has 3 N–H and O–H groups in total. The number of fused-ring (bicyclic) bond motifs is 2. The van der Waals surface area contributed by atoms with Gasteiger partial charge in [-0.2, -0.15) is 0 Å². The van der Waals surface area contributed by atoms with Crippen molar-refractivity contribution in [3.8, 4) is 0 Å². The van der Waals surface area contributed by atoms with Gasteiger partial charge in [0.05, 0.1) is 23.3 Å². The topological polar surface area (TPSA) is 57.2 Å². The van der Waals surface area contributed by atoms with Crippen molar-refractivity contribution in [3.05, 3.63) is 48.5 Å². The van der Waals surface area contributed by atoms with Crippen molar-refractivity contribution in [1.82, 2.24) is 10.3 Å². The highest BCUT2D eigenvalue weighted by atomic mass is 35.5. The summed E-state index contributed by atoms with van der Waals surface area (Å²) in [6.07, 6.45) is 0. The van der Waals surface area contributed by atoms with Crippen molar-refractivity contribution in [1.29, 1.82) is 0 Å². The lowest BCUT2D eigenvalue weighted by atomic mass is 10.1. The molecule has 22 heavy (non-hydrogen) atoms. The first-order valence-electron chi connectivity index (χ1n) is 7.23. The number of para-hydroxylation sites is 2. The third-order valence-corrected chi connectivity index (χ3v) is 3.48. The minimum atomic E-state index is 0. The number of nitrogens with zero attached hydrogens (tertiary/aromatic N) is 1. The lowest BCUT2D eigenvalue weighted by Gasteiger charge is -2.13. The Morgan fingerprint density at radius 1 is 0.818 bits per heavy atom. The van der Waals surface area contributed by atoms with Crippen LogP contribution in [-0.4, -0.2) is 36.3 Å². The number of halogens is 1. The number of nitrogens with one attached hydrogen (secondary N) is 2. The zero-order valence-electron chi connectivity index (χ0n) is 12.2. The van der Waals surface area contributed by atoms with E-state index in [1.54, 1.807) is 0 Å². The van der Waals surface area contributed by atoms with Crippen LogP contribution in [0.25, 0.3) is 21.8 Å². The molecule has 3 aromatic rings. The van der Waals surface area contributed by atoms with Crippen LogP contribution in [0.15, 0.2) is 48.5 Å². The van der Waals surface area contributed by atoms with E-state index in [2.05, 4.69) is 22.8 Å². The standard InChI is InChI=1S/C17H19N3O.ClH/c21-12-11-18-9-10-19-17-13-5-1-3-7-15(13)20-16-8-4-2-6-14(16)17;/h1-8,18,21H,9-12H2,(H,19,20);1H. The van der Waals surface area contributed by atoms with E-state index in [1.807, 2.05) is 36.4 Å². The molecule has 0 saturated heterocycles. The smallest absolute Gasteiger partial charge is 0.0730 e. The van der Waals surface area contributed by atoms with Gasteiger partial charge in [0.2, 0.25) is 0 Å². The summed E-state index contributed by atoms with van der Waals surface area (Å²) in [5.41, 5.74) is 3.13. The van der Waals surface area contributed by atoms with Crippen molar-refractivity contribution in [2.75, 3.05) is 31.6 Å². The fourth-order valence-corrected chi connectivity index (χ4v) is 2.51. The van der Waals surface area contributed by atoms with E-state index in [0.717, 1.165) is 40.6 Å². The van der Waals surface area contributed by atoms with E-state index in [0.29, 0.717) is 6.54 Å². The first-order chi connectivity index (χ1) is 10.4. The molecule has 0 radical (unpaired) electrons. The molecule has 4 nitrogen and oxygen atoms in total. The van der Waals surface area contributed by atoms with Gasteiger partial charge in [0.25, 0.3) is 0 Å². The first kappa shape index (κ1) is 16.5. The number of rotatable bonds is 6. The van der Waals surface area contributed by atoms with Gasteiger partial charge < -0.3 is 15.7 Å². The molecular weight excluding hydrogens is 298 g/mol. The van der Waals surface area contributed by atoms with E-state index < -0.39 is 0 Å². The van der Waals surface area contributed by atoms with Gasteiger partial charge in [-0.15, -0.1) is 12.4 Å². The minimum absolute atomic E-state index is 0. The maximum atomic E-state index is 8.77. The molecule has 1 aromatic heterocycles. The van der Waals surface area contributed by atoms with E-state index >= 15 is 0 Å². The van der Waals surface area contributed by atoms with Gasteiger partial charge in [-0.1, -0.05) is 36.4 Å². The van der Waals surface area contributed by atoms with Gasteiger partial charge in [0.15, 0.2) is 0 Å². The summed E-state index contributed by atoms with van der Waals surface area (Å²) in [5.74, 6) is 0. The quantitative estimate of drug-likeness (QED) is 0.483. The van der Waals surface area contributed by atoms with Crippen molar-refractivity contribution < 1.29 is 5.11 Å². The molecule has 5 heteroatoms. The molecule has 0 bridgehead atoms. The number of aliphatic hydroxyl groups excluding tert-OH is 1. The van der Waals surface area contributed by atoms with Crippen LogP contribution in [0.1, 0.15) is 0 Å². The molecule has 0 saturated carbocycles. The van der Waals surface area contributed by atoms with Gasteiger partial charge in [-0.25, -0.2) is 4.98 Å². The van der Waals surface area contributed by atoms with Crippen LogP contribution in [-0.2, 0) is 0 Å². The van der Waals surface area contributed by atoms with Crippen molar-refractivity contribution in [2.45, 2.75) is 0 Å². The van der Waals surface area contributed by atoms with Gasteiger partial charge in [0.1, 0.15) is 0 Å². The molecule has 0 fully saturated rings. The Balaban J connectivity index is 0.00000176. The second-order valence-electron chi connectivity index (χ2n) is 4.92.